The lowest BCUT2D eigenvalue weighted by Crippen LogP contribution is -2.56. The summed E-state index contributed by atoms with van der Waals surface area (Å²) in [6, 6.07) is 11.7. The van der Waals surface area contributed by atoms with Crippen LogP contribution in [0, 0.1) is 0 Å². The molecule has 4 heterocycles. The van der Waals surface area contributed by atoms with Gasteiger partial charge < -0.3 is 15.1 Å². The maximum absolute atomic E-state index is 12.8. The normalized spacial score (nSPS) is 21.7. The molecule has 1 spiro atoms. The third-order valence-electron chi connectivity index (χ3n) is 5.86. The van der Waals surface area contributed by atoms with E-state index in [1.165, 1.54) is 0 Å². The van der Waals surface area contributed by atoms with Crippen LogP contribution >= 0.6 is 11.8 Å². The second-order valence-electron chi connectivity index (χ2n) is 7.58. The number of hydrogen-bond acceptors (Lipinski definition) is 8. The quantitative estimate of drug-likeness (QED) is 0.701. The highest BCUT2D eigenvalue weighted by Gasteiger charge is 2.50. The highest BCUT2D eigenvalue weighted by Crippen LogP contribution is 2.36. The Labute approximate surface area is 182 Å². The number of carbonyl (C=O) groups is 3. The number of nitrogens with one attached hydrogen (secondary N) is 2. The molecule has 3 saturated heterocycles. The van der Waals surface area contributed by atoms with Crippen LogP contribution in [0.3, 0.4) is 0 Å². The van der Waals surface area contributed by atoms with Crippen molar-refractivity contribution >= 4 is 46.5 Å². The summed E-state index contributed by atoms with van der Waals surface area (Å²) in [6.45, 7) is 1.76. The molecule has 3 aliphatic heterocycles. The summed E-state index contributed by atoms with van der Waals surface area (Å²) in [5, 5.41) is 4.85. The Hall–Kier alpha value is -3.40. The minimum absolute atomic E-state index is 0.0596. The molecule has 0 unspecified atom stereocenters. The molecule has 0 radical (unpaired) electrons. The molecular weight excluding hydrogens is 416 g/mol. The van der Waals surface area contributed by atoms with E-state index in [0.29, 0.717) is 49.1 Å². The van der Waals surface area contributed by atoms with Gasteiger partial charge in [-0.3, -0.25) is 19.7 Å². The minimum Gasteiger partial charge on any atom is -0.341 e. The maximum Gasteiger partial charge on any atom is 0.290 e. The van der Waals surface area contributed by atoms with Crippen molar-refractivity contribution in [3.63, 3.8) is 0 Å². The van der Waals surface area contributed by atoms with Gasteiger partial charge in [-0.15, -0.1) is 0 Å². The van der Waals surface area contributed by atoms with Gasteiger partial charge >= 0.3 is 0 Å². The van der Waals surface area contributed by atoms with Gasteiger partial charge in [-0.1, -0.05) is 18.2 Å². The first-order valence-electron chi connectivity index (χ1n) is 9.99. The van der Waals surface area contributed by atoms with Gasteiger partial charge in [0.05, 0.1) is 17.3 Å². The van der Waals surface area contributed by atoms with Crippen molar-refractivity contribution in [2.24, 2.45) is 0 Å². The number of rotatable bonds is 3. The first-order chi connectivity index (χ1) is 15.0. The number of imide groups is 1. The van der Waals surface area contributed by atoms with E-state index in [1.54, 1.807) is 18.3 Å². The van der Waals surface area contributed by atoms with Gasteiger partial charge in [-0.05, 0) is 48.9 Å². The van der Waals surface area contributed by atoms with Crippen molar-refractivity contribution < 1.29 is 14.4 Å². The van der Waals surface area contributed by atoms with Crippen LogP contribution in [0.25, 0.3) is 6.08 Å². The van der Waals surface area contributed by atoms with Crippen molar-refractivity contribution in [3.05, 3.63) is 53.2 Å². The molecule has 158 valence electrons. The molecule has 1 aromatic heterocycles. The number of para-hydroxylation sites is 1. The molecule has 0 bridgehead atoms. The van der Waals surface area contributed by atoms with Crippen LogP contribution in [0.5, 0.6) is 0 Å². The Morgan fingerprint density at radius 2 is 1.84 bits per heavy atom. The number of benzene rings is 1. The molecule has 2 N–H and O–H groups in total. The first-order valence-corrected chi connectivity index (χ1v) is 10.8. The topological polar surface area (TPSA) is 108 Å². The number of carbonyl (C=O) groups excluding carboxylic acids is 3. The molecular formula is C21H20N6O3S. The Morgan fingerprint density at radius 1 is 1.06 bits per heavy atom. The molecule has 3 fully saturated rings. The average Bonchev–Trinajstić information content (AvgIpc) is 3.27. The predicted molar refractivity (Wildman–Crippen MR) is 117 cm³/mol. The summed E-state index contributed by atoms with van der Waals surface area (Å²) in [7, 11) is 0. The summed E-state index contributed by atoms with van der Waals surface area (Å²) >= 11 is 0.859. The van der Waals surface area contributed by atoms with Gasteiger partial charge in [-0.25, -0.2) is 9.97 Å². The highest BCUT2D eigenvalue weighted by molar-refractivity contribution is 8.18. The van der Waals surface area contributed by atoms with Crippen molar-refractivity contribution in [3.8, 4) is 0 Å². The maximum atomic E-state index is 12.8. The Morgan fingerprint density at radius 3 is 2.55 bits per heavy atom. The average molecular weight is 436 g/mol. The molecule has 3 amide bonds. The summed E-state index contributed by atoms with van der Waals surface area (Å²) in [5.74, 6) is 0.191. The SMILES string of the molecule is O=C1NC(=O)C(=Cc2ccnc(N3CCC4(CC3)C(=O)NCN4c3ccccc3)n2)S1. The van der Waals surface area contributed by atoms with Gasteiger partial charge in [0.15, 0.2) is 0 Å². The summed E-state index contributed by atoms with van der Waals surface area (Å²) in [5.41, 5.74) is 1.01. The summed E-state index contributed by atoms with van der Waals surface area (Å²) in [4.78, 5) is 49.4. The fourth-order valence-electron chi connectivity index (χ4n) is 4.26. The van der Waals surface area contributed by atoms with Crippen molar-refractivity contribution in [1.82, 2.24) is 20.6 Å². The molecule has 0 atom stereocenters. The van der Waals surface area contributed by atoms with Crippen molar-refractivity contribution in [2.75, 3.05) is 29.6 Å². The van der Waals surface area contributed by atoms with Gasteiger partial charge in [0.1, 0.15) is 5.54 Å². The van der Waals surface area contributed by atoms with Crippen LogP contribution in [0.4, 0.5) is 16.4 Å². The van der Waals surface area contributed by atoms with Gasteiger partial charge in [0.2, 0.25) is 11.9 Å². The fourth-order valence-corrected chi connectivity index (χ4v) is 4.93. The largest absolute Gasteiger partial charge is 0.341 e. The van der Waals surface area contributed by atoms with E-state index in [1.807, 2.05) is 30.3 Å². The van der Waals surface area contributed by atoms with Gasteiger partial charge in [-0.2, -0.15) is 0 Å². The molecule has 2 aromatic rings. The minimum atomic E-state index is -0.573. The zero-order valence-corrected chi connectivity index (χ0v) is 17.4. The molecule has 10 heteroatoms. The number of hydrogen-bond donors (Lipinski definition) is 2. The number of piperidine rings is 1. The van der Waals surface area contributed by atoms with E-state index in [2.05, 4.69) is 30.4 Å². The zero-order chi connectivity index (χ0) is 21.4. The van der Waals surface area contributed by atoms with E-state index in [4.69, 9.17) is 0 Å². The Bertz CT molecular complexity index is 1080. The lowest BCUT2D eigenvalue weighted by atomic mass is 9.85. The highest BCUT2D eigenvalue weighted by atomic mass is 32.2. The standard InChI is InChI=1S/C21H20N6O3S/c28-17-16(31-20(30)25-17)12-14-6-9-22-19(24-14)26-10-7-21(8-11-26)18(29)23-13-27(21)15-4-2-1-3-5-15/h1-6,9,12H,7-8,10-11,13H2,(H,23,29)(H,25,28,30). The van der Waals surface area contributed by atoms with Gasteiger partial charge in [0, 0.05) is 25.0 Å². The molecule has 5 rings (SSSR count). The van der Waals surface area contributed by atoms with Crippen LogP contribution in [-0.4, -0.2) is 52.3 Å². The van der Waals surface area contributed by atoms with Crippen LogP contribution < -0.4 is 20.4 Å². The Kier molecular flexibility index (Phi) is 4.85. The first kappa shape index (κ1) is 19.6. The molecule has 3 aliphatic rings. The van der Waals surface area contributed by atoms with E-state index >= 15 is 0 Å². The second-order valence-corrected chi connectivity index (χ2v) is 8.59. The summed E-state index contributed by atoms with van der Waals surface area (Å²) < 4.78 is 0. The molecule has 9 nitrogen and oxygen atoms in total. The number of thioether (sulfide) groups is 1. The predicted octanol–water partition coefficient (Wildman–Crippen LogP) is 1.73. The fraction of sp³-hybridized carbons (Fsp3) is 0.286. The molecule has 0 saturated carbocycles. The van der Waals surface area contributed by atoms with Crippen LogP contribution in [0.2, 0.25) is 0 Å². The number of aromatic nitrogens is 2. The monoisotopic (exact) mass is 436 g/mol. The number of anilines is 2. The third kappa shape index (κ3) is 3.52. The summed E-state index contributed by atoms with van der Waals surface area (Å²) in [6.07, 6.45) is 4.52. The third-order valence-corrected chi connectivity index (χ3v) is 6.67. The lowest BCUT2D eigenvalue weighted by molar-refractivity contribution is -0.124. The zero-order valence-electron chi connectivity index (χ0n) is 16.6. The molecule has 31 heavy (non-hydrogen) atoms. The second kappa shape index (κ2) is 7.69. The van der Waals surface area contributed by atoms with Gasteiger partial charge in [0.25, 0.3) is 11.1 Å². The Balaban J connectivity index is 1.34. The van der Waals surface area contributed by atoms with E-state index < -0.39 is 11.4 Å². The smallest absolute Gasteiger partial charge is 0.290 e. The van der Waals surface area contributed by atoms with E-state index in [-0.39, 0.29) is 11.1 Å². The molecule has 1 aromatic carbocycles. The lowest BCUT2D eigenvalue weighted by Gasteiger charge is -2.43. The van der Waals surface area contributed by atoms with Crippen LogP contribution in [0.15, 0.2) is 47.5 Å². The number of amides is 3. The molecule has 0 aliphatic carbocycles. The van der Waals surface area contributed by atoms with E-state index in [0.717, 1.165) is 17.4 Å². The number of nitrogens with zero attached hydrogens (tertiary/aromatic N) is 4. The van der Waals surface area contributed by atoms with Crippen LogP contribution in [-0.2, 0) is 9.59 Å². The van der Waals surface area contributed by atoms with E-state index in [9.17, 15) is 14.4 Å². The van der Waals surface area contributed by atoms with Crippen LogP contribution in [0.1, 0.15) is 18.5 Å². The van der Waals surface area contributed by atoms with Crippen molar-refractivity contribution in [2.45, 2.75) is 18.4 Å². The van der Waals surface area contributed by atoms with Crippen molar-refractivity contribution in [1.29, 1.82) is 0 Å².